The summed E-state index contributed by atoms with van der Waals surface area (Å²) in [4.78, 5) is 24.0. The van der Waals surface area contributed by atoms with Crippen LogP contribution in [0, 0.1) is 20.8 Å². The van der Waals surface area contributed by atoms with Gasteiger partial charge in [-0.25, -0.2) is 4.79 Å². The smallest absolute Gasteiger partial charge is 0.379 e. The molecule has 0 atom stereocenters. The van der Waals surface area contributed by atoms with Crippen LogP contribution in [0.5, 0.6) is 11.5 Å². The van der Waals surface area contributed by atoms with Crippen molar-refractivity contribution in [3.8, 4) is 11.5 Å². The van der Waals surface area contributed by atoms with Crippen LogP contribution in [0.4, 0.5) is 0 Å². The van der Waals surface area contributed by atoms with Crippen molar-refractivity contribution >= 4 is 11.8 Å². The van der Waals surface area contributed by atoms with E-state index in [1.807, 2.05) is 33.8 Å². The number of ketones is 1. The van der Waals surface area contributed by atoms with E-state index in [9.17, 15) is 9.59 Å². The van der Waals surface area contributed by atoms with E-state index in [0.29, 0.717) is 17.9 Å². The topological polar surface area (TPSA) is 61.8 Å². The number of esters is 1. The molecular weight excluding hydrogens is 332 g/mol. The summed E-state index contributed by atoms with van der Waals surface area (Å²) in [5.41, 5.74) is 4.06. The third-order valence-corrected chi connectivity index (χ3v) is 4.21. The molecule has 0 saturated heterocycles. The first kappa shape index (κ1) is 19.5. The van der Waals surface area contributed by atoms with Crippen LogP contribution in [-0.4, -0.2) is 25.5 Å². The van der Waals surface area contributed by atoms with Gasteiger partial charge in [0.05, 0.1) is 13.7 Å². The van der Waals surface area contributed by atoms with Gasteiger partial charge in [0.25, 0.3) is 5.78 Å². The molecule has 0 aliphatic heterocycles. The van der Waals surface area contributed by atoms with Crippen LogP contribution in [0.3, 0.4) is 0 Å². The third-order valence-electron chi connectivity index (χ3n) is 4.21. The zero-order valence-electron chi connectivity index (χ0n) is 15.8. The van der Waals surface area contributed by atoms with Gasteiger partial charge in [0.15, 0.2) is 0 Å². The van der Waals surface area contributed by atoms with Crippen molar-refractivity contribution in [2.75, 3.05) is 13.7 Å². The molecule has 0 saturated carbocycles. The Morgan fingerprint density at radius 3 is 2.27 bits per heavy atom. The molecule has 0 heterocycles. The molecule has 0 N–H and O–H groups in total. The van der Waals surface area contributed by atoms with Crippen LogP contribution in [-0.2, 0) is 16.1 Å². The molecule has 0 spiro atoms. The molecule has 0 bridgehead atoms. The Balaban J connectivity index is 2.39. The molecule has 0 fully saturated rings. The summed E-state index contributed by atoms with van der Waals surface area (Å²) >= 11 is 0. The summed E-state index contributed by atoms with van der Waals surface area (Å²) in [6.45, 7) is 8.43. The van der Waals surface area contributed by atoms with Gasteiger partial charge in [0.1, 0.15) is 18.1 Å². The monoisotopic (exact) mass is 356 g/mol. The second kappa shape index (κ2) is 8.52. The van der Waals surface area contributed by atoms with Crippen LogP contribution >= 0.6 is 0 Å². The lowest BCUT2D eigenvalue weighted by Crippen LogP contribution is -2.19. The summed E-state index contributed by atoms with van der Waals surface area (Å²) < 4.78 is 16.1. The van der Waals surface area contributed by atoms with Gasteiger partial charge in [-0.1, -0.05) is 18.2 Å². The molecule has 0 aliphatic carbocycles. The van der Waals surface area contributed by atoms with Crippen LogP contribution < -0.4 is 9.47 Å². The predicted octanol–water partition coefficient (Wildman–Crippen LogP) is 3.95. The highest BCUT2D eigenvalue weighted by atomic mass is 16.5. The van der Waals surface area contributed by atoms with Gasteiger partial charge in [-0.3, -0.25) is 4.79 Å². The number of hydrogen-bond donors (Lipinski definition) is 0. The van der Waals surface area contributed by atoms with Gasteiger partial charge in [-0.05, 0) is 56.5 Å². The summed E-state index contributed by atoms with van der Waals surface area (Å²) in [6.07, 6.45) is 0. The highest BCUT2D eigenvalue weighted by molar-refractivity contribution is 6.41. The molecule has 5 nitrogen and oxygen atoms in total. The SMILES string of the molecule is CCOc1cccc(C(=O)C(=O)OC)c1COc1cc(C)c(C)cc1C. The molecule has 0 aliphatic rings. The Morgan fingerprint density at radius 1 is 0.923 bits per heavy atom. The Kier molecular flexibility index (Phi) is 6.39. The number of hydrogen-bond acceptors (Lipinski definition) is 5. The maximum atomic E-state index is 12.3. The highest BCUT2D eigenvalue weighted by Crippen LogP contribution is 2.28. The van der Waals surface area contributed by atoms with Gasteiger partial charge in [0, 0.05) is 11.1 Å². The molecule has 0 unspecified atom stereocenters. The van der Waals surface area contributed by atoms with Crippen LogP contribution in [0.1, 0.15) is 39.5 Å². The first-order chi connectivity index (χ1) is 12.4. The van der Waals surface area contributed by atoms with E-state index in [4.69, 9.17) is 9.47 Å². The predicted molar refractivity (Wildman–Crippen MR) is 98.9 cm³/mol. The van der Waals surface area contributed by atoms with Gasteiger partial charge in [0.2, 0.25) is 0 Å². The first-order valence-corrected chi connectivity index (χ1v) is 8.47. The summed E-state index contributed by atoms with van der Waals surface area (Å²) in [5, 5.41) is 0. The van der Waals surface area contributed by atoms with Crippen molar-refractivity contribution in [3.05, 3.63) is 58.1 Å². The molecule has 5 heteroatoms. The normalized spacial score (nSPS) is 10.3. The van der Waals surface area contributed by atoms with E-state index in [1.54, 1.807) is 18.2 Å². The van der Waals surface area contributed by atoms with Crippen molar-refractivity contribution in [3.63, 3.8) is 0 Å². The number of benzene rings is 2. The fourth-order valence-corrected chi connectivity index (χ4v) is 2.66. The maximum Gasteiger partial charge on any atom is 0.379 e. The Morgan fingerprint density at radius 2 is 1.62 bits per heavy atom. The number of Topliss-reactive ketones (excluding diaryl/α,β-unsaturated/α-hetero) is 1. The van der Waals surface area contributed by atoms with E-state index in [1.165, 1.54) is 12.7 Å². The van der Waals surface area contributed by atoms with E-state index in [-0.39, 0.29) is 12.2 Å². The average molecular weight is 356 g/mol. The molecular formula is C21H24O5. The van der Waals surface area contributed by atoms with Crippen LogP contribution in [0.15, 0.2) is 30.3 Å². The quantitative estimate of drug-likeness (QED) is 0.427. The Labute approximate surface area is 153 Å². The zero-order valence-corrected chi connectivity index (χ0v) is 15.8. The number of ether oxygens (including phenoxy) is 3. The molecule has 0 radical (unpaired) electrons. The van der Waals surface area contributed by atoms with E-state index in [0.717, 1.165) is 16.9 Å². The largest absolute Gasteiger partial charge is 0.493 e. The molecule has 138 valence electrons. The summed E-state index contributed by atoms with van der Waals surface area (Å²) in [7, 11) is 1.18. The molecule has 2 aromatic rings. The molecule has 26 heavy (non-hydrogen) atoms. The van der Waals surface area contributed by atoms with Gasteiger partial charge >= 0.3 is 5.97 Å². The second-order valence-electron chi connectivity index (χ2n) is 6.03. The lowest BCUT2D eigenvalue weighted by Gasteiger charge is -2.16. The highest BCUT2D eigenvalue weighted by Gasteiger charge is 2.23. The fraction of sp³-hybridized carbons (Fsp3) is 0.333. The molecule has 0 aromatic heterocycles. The molecule has 2 rings (SSSR count). The number of carbonyl (C=O) groups excluding carboxylic acids is 2. The van der Waals surface area contributed by atoms with Gasteiger partial charge < -0.3 is 14.2 Å². The fourth-order valence-electron chi connectivity index (χ4n) is 2.66. The zero-order chi connectivity index (χ0) is 19.3. The minimum absolute atomic E-state index is 0.109. The Bertz CT molecular complexity index is 823. The van der Waals surface area contributed by atoms with E-state index in [2.05, 4.69) is 10.8 Å². The molecule has 0 amide bonds. The number of aryl methyl sites for hydroxylation is 3. The van der Waals surface area contributed by atoms with Crippen molar-refractivity contribution in [2.24, 2.45) is 0 Å². The lowest BCUT2D eigenvalue weighted by atomic mass is 10.0. The van der Waals surface area contributed by atoms with Crippen molar-refractivity contribution in [1.82, 2.24) is 0 Å². The first-order valence-electron chi connectivity index (χ1n) is 8.47. The number of rotatable bonds is 7. The van der Waals surface area contributed by atoms with Crippen LogP contribution in [0.2, 0.25) is 0 Å². The maximum absolute atomic E-state index is 12.3. The lowest BCUT2D eigenvalue weighted by molar-refractivity contribution is -0.135. The summed E-state index contributed by atoms with van der Waals surface area (Å²) in [5.74, 6) is -0.383. The van der Waals surface area contributed by atoms with E-state index < -0.39 is 11.8 Å². The number of methoxy groups -OCH3 is 1. The van der Waals surface area contributed by atoms with Gasteiger partial charge in [-0.15, -0.1) is 0 Å². The third kappa shape index (κ3) is 4.23. The Hall–Kier alpha value is -2.82. The van der Waals surface area contributed by atoms with Gasteiger partial charge in [-0.2, -0.15) is 0 Å². The summed E-state index contributed by atoms with van der Waals surface area (Å²) in [6, 6.07) is 9.03. The van der Waals surface area contributed by atoms with Crippen LogP contribution in [0.25, 0.3) is 0 Å². The minimum Gasteiger partial charge on any atom is -0.493 e. The van der Waals surface area contributed by atoms with Crippen molar-refractivity contribution in [1.29, 1.82) is 0 Å². The second-order valence-corrected chi connectivity index (χ2v) is 6.03. The molecule has 2 aromatic carbocycles. The average Bonchev–Trinajstić information content (AvgIpc) is 2.63. The minimum atomic E-state index is -0.915. The van der Waals surface area contributed by atoms with E-state index >= 15 is 0 Å². The standard InChI is InChI=1S/C21H24O5/c1-6-25-18-9-7-8-16(20(22)21(23)24-5)17(18)12-26-19-11-14(3)13(2)10-15(19)4/h7-11H,6,12H2,1-5H3. The van der Waals surface area contributed by atoms with Crippen molar-refractivity contribution < 1.29 is 23.8 Å². The number of carbonyl (C=O) groups is 2. The van der Waals surface area contributed by atoms with Crippen molar-refractivity contribution in [2.45, 2.75) is 34.3 Å².